The first kappa shape index (κ1) is 31.3. The van der Waals surface area contributed by atoms with Gasteiger partial charge in [-0.1, -0.05) is 24.3 Å². The van der Waals surface area contributed by atoms with Crippen LogP contribution in [0.25, 0.3) is 29.8 Å². The zero-order valence-corrected chi connectivity index (χ0v) is 28.0. The van der Waals surface area contributed by atoms with Crippen LogP contribution in [0.1, 0.15) is 25.0 Å². The third-order valence-corrected chi connectivity index (χ3v) is 14.4. The van der Waals surface area contributed by atoms with Gasteiger partial charge in [0.25, 0.3) is 0 Å². The molecule has 0 aliphatic heterocycles. The summed E-state index contributed by atoms with van der Waals surface area (Å²) in [6.07, 6.45) is 4.51. The summed E-state index contributed by atoms with van der Waals surface area (Å²) in [5, 5.41) is 5.12. The van der Waals surface area contributed by atoms with E-state index < -0.39 is 32.9 Å². The van der Waals surface area contributed by atoms with E-state index in [1.165, 1.54) is 49.7 Å². The van der Waals surface area contributed by atoms with Gasteiger partial charge in [0.2, 0.25) is 0 Å². The molecule has 4 aliphatic rings. The van der Waals surface area contributed by atoms with Crippen molar-refractivity contribution in [2.45, 2.75) is 37.4 Å². The van der Waals surface area contributed by atoms with Crippen molar-refractivity contribution in [2.75, 3.05) is 0 Å². The van der Waals surface area contributed by atoms with Crippen molar-refractivity contribution in [3.8, 4) is 11.1 Å². The number of benzene rings is 3. The Hall–Kier alpha value is -0.237. The zero-order chi connectivity index (χ0) is 25.1. The monoisotopic (exact) mass is 688 g/mol. The molecular formula is C30H28Cl6Zr. The van der Waals surface area contributed by atoms with Gasteiger partial charge in [-0.15, -0.1) is 24.8 Å². The van der Waals surface area contributed by atoms with Crippen molar-refractivity contribution in [1.82, 2.24) is 0 Å². The maximum Gasteiger partial charge on any atom is -0.0184 e. The van der Waals surface area contributed by atoms with Gasteiger partial charge in [-0.25, -0.2) is 0 Å². The van der Waals surface area contributed by atoms with Crippen LogP contribution in [0.4, 0.5) is 0 Å². The Balaban J connectivity index is 0.000000412. The summed E-state index contributed by atoms with van der Waals surface area (Å²) in [7, 11) is 0. The van der Waals surface area contributed by atoms with Crippen LogP contribution in [-0.2, 0) is 23.2 Å². The Kier molecular flexibility index (Phi) is 9.90. The quantitative estimate of drug-likeness (QED) is 0.202. The fraction of sp³-hybridized carbons (Fsp3) is 0.267. The van der Waals surface area contributed by atoms with Crippen molar-refractivity contribution < 1.29 is 23.2 Å². The van der Waals surface area contributed by atoms with E-state index in [-0.39, 0.29) is 35.6 Å². The molecule has 0 N–H and O–H groups in total. The zero-order valence-electron chi connectivity index (χ0n) is 20.9. The second-order valence-corrected chi connectivity index (χ2v) is 15.3. The molecular weight excluding hydrogens is 664 g/mol. The van der Waals surface area contributed by atoms with E-state index in [1.807, 2.05) is 0 Å². The molecule has 6 rings (SSSR count). The van der Waals surface area contributed by atoms with Gasteiger partial charge in [-0.05, 0) is 11.1 Å². The molecule has 2 atom stereocenters. The molecule has 2 unspecified atom stereocenters. The number of hydrogen-bond acceptors (Lipinski definition) is 0. The standard InChI is InChI=1S/2C12H11Cl2.C6H4.2ClH.Zr/c2*1-8-4-3-5-9-6-12(2,11(13)14)7-10(8)9;1-2-6-4-3-5(1)6;;;/h2*3-6,11H,1-2H3;1-4H;2*1H;. The summed E-state index contributed by atoms with van der Waals surface area (Å²) in [6.45, 7) is 8.68. The number of halogens is 6. The van der Waals surface area contributed by atoms with Gasteiger partial charge in [0.1, 0.15) is 0 Å². The van der Waals surface area contributed by atoms with E-state index in [0.717, 1.165) is 0 Å². The first-order chi connectivity index (χ1) is 16.6. The SMILES string of the molecule is Cc1cccc2c1=[C]([Zr][C]1=c3c(C)cccc3=CC1(C)C(Cl)Cl)C(C)(C(Cl)Cl)C=2.Cl.Cl.c1cc2ccc1-2. The Morgan fingerprint density at radius 3 is 1.22 bits per heavy atom. The van der Waals surface area contributed by atoms with Crippen LogP contribution in [0.5, 0.6) is 0 Å². The molecule has 0 heterocycles. The van der Waals surface area contributed by atoms with Gasteiger partial charge in [-0.3, -0.25) is 0 Å². The number of alkyl halides is 4. The van der Waals surface area contributed by atoms with E-state index in [9.17, 15) is 0 Å². The van der Waals surface area contributed by atoms with Crippen LogP contribution < -0.4 is 20.9 Å². The minimum atomic E-state index is -1.33. The molecule has 194 valence electrons. The van der Waals surface area contributed by atoms with Crippen molar-refractivity contribution in [3.63, 3.8) is 0 Å². The molecule has 0 saturated carbocycles. The Labute approximate surface area is 262 Å². The molecule has 0 bridgehead atoms. The topological polar surface area (TPSA) is 0 Å². The Bertz CT molecular complexity index is 1460. The minimum absolute atomic E-state index is 0. The molecule has 37 heavy (non-hydrogen) atoms. The number of fused-ring (bicyclic) bond motifs is 3. The smallest absolute Gasteiger partial charge is 0.0184 e. The second kappa shape index (κ2) is 11.7. The van der Waals surface area contributed by atoms with Gasteiger partial charge >= 0.3 is 205 Å². The van der Waals surface area contributed by atoms with Crippen molar-refractivity contribution in [2.24, 2.45) is 10.8 Å². The molecule has 0 amide bonds. The molecule has 0 fully saturated rings. The summed E-state index contributed by atoms with van der Waals surface area (Å²) in [5.41, 5.74) is 4.64. The molecule has 7 heteroatoms. The fourth-order valence-corrected chi connectivity index (χ4v) is 12.0. The van der Waals surface area contributed by atoms with Crippen LogP contribution in [0.3, 0.4) is 0 Å². The normalized spacial score (nSPS) is 21.6. The predicted molar refractivity (Wildman–Crippen MR) is 164 cm³/mol. The predicted octanol–water partition coefficient (Wildman–Crippen LogP) is 7.02. The van der Waals surface area contributed by atoms with E-state index in [1.54, 1.807) is 0 Å². The van der Waals surface area contributed by atoms with Gasteiger partial charge in [0.05, 0.1) is 0 Å². The van der Waals surface area contributed by atoms with E-state index >= 15 is 0 Å². The van der Waals surface area contributed by atoms with Crippen LogP contribution in [-0.4, -0.2) is 9.67 Å². The van der Waals surface area contributed by atoms with Crippen LogP contribution in [0.15, 0.2) is 60.7 Å². The fourth-order valence-electron chi connectivity index (χ4n) is 5.16. The number of aryl methyl sites for hydroxylation is 2. The molecule has 2 aromatic rings. The third-order valence-electron chi connectivity index (χ3n) is 7.47. The molecule has 4 aliphatic carbocycles. The first-order valence-corrected chi connectivity index (χ1v) is 15.9. The van der Waals surface area contributed by atoms with Crippen LogP contribution in [0.2, 0.25) is 0 Å². The van der Waals surface area contributed by atoms with E-state index in [2.05, 4.69) is 101 Å². The van der Waals surface area contributed by atoms with E-state index in [0.29, 0.717) is 0 Å². The molecule has 0 radical (unpaired) electrons. The largest absolute Gasteiger partial charge is 0.147 e. The van der Waals surface area contributed by atoms with Crippen LogP contribution >= 0.6 is 71.2 Å². The second-order valence-electron chi connectivity index (χ2n) is 9.99. The summed E-state index contributed by atoms with van der Waals surface area (Å²) >= 11 is 25.0. The summed E-state index contributed by atoms with van der Waals surface area (Å²) in [4.78, 5) is -1.02. The molecule has 0 spiro atoms. The molecule has 0 saturated heterocycles. The third kappa shape index (κ3) is 5.29. The average Bonchev–Trinajstić information content (AvgIpc) is 3.26. The first-order valence-electron chi connectivity index (χ1n) is 11.7. The van der Waals surface area contributed by atoms with Crippen molar-refractivity contribution >= 4 is 89.9 Å². The molecule has 0 aromatic heterocycles. The molecule has 2 aromatic carbocycles. The minimum Gasteiger partial charge on any atom is -0.147 e. The van der Waals surface area contributed by atoms with Gasteiger partial charge in [0.15, 0.2) is 0 Å². The Morgan fingerprint density at radius 2 is 0.946 bits per heavy atom. The Morgan fingerprint density at radius 1 is 0.595 bits per heavy atom. The van der Waals surface area contributed by atoms with E-state index in [4.69, 9.17) is 46.4 Å². The van der Waals surface area contributed by atoms with Crippen molar-refractivity contribution in [1.29, 1.82) is 0 Å². The number of hydrogen-bond donors (Lipinski definition) is 0. The van der Waals surface area contributed by atoms with Gasteiger partial charge < -0.3 is 0 Å². The summed E-state index contributed by atoms with van der Waals surface area (Å²) in [6, 6.07) is 21.4. The maximum atomic E-state index is 6.58. The van der Waals surface area contributed by atoms with Crippen LogP contribution in [0, 0.1) is 24.7 Å². The van der Waals surface area contributed by atoms with Gasteiger partial charge in [-0.2, -0.15) is 0 Å². The summed E-state index contributed by atoms with van der Waals surface area (Å²) in [5.74, 6) is 0. The van der Waals surface area contributed by atoms with Crippen molar-refractivity contribution in [3.05, 3.63) is 92.7 Å². The van der Waals surface area contributed by atoms with Gasteiger partial charge in [0, 0.05) is 0 Å². The maximum absolute atomic E-state index is 6.58. The summed E-state index contributed by atoms with van der Waals surface area (Å²) < 4.78 is 2.81. The molecule has 0 nitrogen and oxygen atoms in total. The number of rotatable bonds is 4. The average molecular weight is 692 g/mol.